The lowest BCUT2D eigenvalue weighted by Crippen LogP contribution is -2.40. The van der Waals surface area contributed by atoms with E-state index in [9.17, 15) is 9.90 Å². The third-order valence-electron chi connectivity index (χ3n) is 3.39. The van der Waals surface area contributed by atoms with Crippen LogP contribution in [0.25, 0.3) is 0 Å². The van der Waals surface area contributed by atoms with Crippen LogP contribution >= 0.6 is 0 Å². The lowest BCUT2D eigenvalue weighted by atomic mass is 10.2. The predicted molar refractivity (Wildman–Crippen MR) is 70.0 cm³/mol. The number of hydrogen-bond donors (Lipinski definition) is 2. The molecule has 18 heavy (non-hydrogen) atoms. The molecule has 0 spiro atoms. The van der Waals surface area contributed by atoms with Gasteiger partial charge in [-0.05, 0) is 24.9 Å². The van der Waals surface area contributed by atoms with Gasteiger partial charge in [-0.1, -0.05) is 30.3 Å². The van der Waals surface area contributed by atoms with Gasteiger partial charge in [0.2, 0.25) is 5.91 Å². The quantitative estimate of drug-likeness (QED) is 0.809. The Morgan fingerprint density at radius 3 is 2.89 bits per heavy atom. The summed E-state index contributed by atoms with van der Waals surface area (Å²) in [5.74, 6) is 0.0270. The number of aliphatic hydroxyl groups is 1. The molecule has 0 aliphatic carbocycles. The van der Waals surface area contributed by atoms with Crippen molar-refractivity contribution >= 4 is 5.91 Å². The van der Waals surface area contributed by atoms with Gasteiger partial charge in [0, 0.05) is 12.6 Å². The zero-order valence-electron chi connectivity index (χ0n) is 10.5. The SMILES string of the molecule is O=C(CN1CCC[C@@H]1CO)NCc1ccccc1. The standard InChI is InChI=1S/C14H20N2O2/c17-11-13-7-4-8-16(13)10-14(18)15-9-12-5-2-1-3-6-12/h1-3,5-6,13,17H,4,7-11H2,(H,15,18)/t13-/m1/s1. The minimum atomic E-state index is 0.0270. The second-order valence-corrected chi connectivity index (χ2v) is 4.71. The predicted octanol–water partition coefficient (Wildman–Crippen LogP) is 0.760. The lowest BCUT2D eigenvalue weighted by molar-refractivity contribution is -0.122. The summed E-state index contributed by atoms with van der Waals surface area (Å²) in [7, 11) is 0. The third kappa shape index (κ3) is 3.55. The van der Waals surface area contributed by atoms with Crippen molar-refractivity contribution in [3.63, 3.8) is 0 Å². The molecular formula is C14H20N2O2. The van der Waals surface area contributed by atoms with Gasteiger partial charge in [-0.15, -0.1) is 0 Å². The summed E-state index contributed by atoms with van der Waals surface area (Å²) >= 11 is 0. The van der Waals surface area contributed by atoms with Crippen molar-refractivity contribution in [3.8, 4) is 0 Å². The van der Waals surface area contributed by atoms with Crippen molar-refractivity contribution in [2.45, 2.75) is 25.4 Å². The Kier molecular flexibility index (Phi) is 4.73. The van der Waals surface area contributed by atoms with Crippen molar-refractivity contribution in [1.29, 1.82) is 0 Å². The Balaban J connectivity index is 1.75. The molecule has 0 aromatic heterocycles. The van der Waals surface area contributed by atoms with Crippen LogP contribution < -0.4 is 5.32 Å². The number of hydrogen-bond acceptors (Lipinski definition) is 3. The minimum absolute atomic E-state index is 0.0270. The van der Waals surface area contributed by atoms with Gasteiger partial charge in [-0.2, -0.15) is 0 Å². The highest BCUT2D eigenvalue weighted by atomic mass is 16.3. The highest BCUT2D eigenvalue weighted by Gasteiger charge is 2.25. The van der Waals surface area contributed by atoms with Crippen LogP contribution in [0, 0.1) is 0 Å². The molecule has 0 bridgehead atoms. The van der Waals surface area contributed by atoms with Crippen LogP contribution in [0.4, 0.5) is 0 Å². The number of nitrogens with one attached hydrogen (secondary N) is 1. The largest absolute Gasteiger partial charge is 0.395 e. The number of carbonyl (C=O) groups is 1. The van der Waals surface area contributed by atoms with E-state index in [1.54, 1.807) is 0 Å². The molecule has 0 radical (unpaired) electrons. The average molecular weight is 248 g/mol. The minimum Gasteiger partial charge on any atom is -0.395 e. The van der Waals surface area contributed by atoms with Crippen LogP contribution in [0.2, 0.25) is 0 Å². The Labute approximate surface area is 108 Å². The Hall–Kier alpha value is -1.39. The Morgan fingerprint density at radius 2 is 2.17 bits per heavy atom. The van der Waals surface area contributed by atoms with Gasteiger partial charge in [0.25, 0.3) is 0 Å². The molecule has 0 saturated carbocycles. The topological polar surface area (TPSA) is 52.6 Å². The summed E-state index contributed by atoms with van der Waals surface area (Å²) in [5.41, 5.74) is 1.10. The van der Waals surface area contributed by atoms with E-state index in [4.69, 9.17) is 0 Å². The van der Waals surface area contributed by atoms with E-state index >= 15 is 0 Å². The lowest BCUT2D eigenvalue weighted by Gasteiger charge is -2.21. The highest BCUT2D eigenvalue weighted by molar-refractivity contribution is 5.78. The number of aliphatic hydroxyl groups excluding tert-OH is 1. The molecule has 1 atom stereocenters. The molecule has 1 aliphatic rings. The van der Waals surface area contributed by atoms with Gasteiger partial charge in [0.1, 0.15) is 0 Å². The monoisotopic (exact) mass is 248 g/mol. The molecule has 2 N–H and O–H groups in total. The zero-order chi connectivity index (χ0) is 12.8. The number of nitrogens with zero attached hydrogens (tertiary/aromatic N) is 1. The smallest absolute Gasteiger partial charge is 0.234 e. The van der Waals surface area contributed by atoms with E-state index in [1.165, 1.54) is 0 Å². The third-order valence-corrected chi connectivity index (χ3v) is 3.39. The Bertz CT molecular complexity index is 381. The van der Waals surface area contributed by atoms with E-state index in [1.807, 2.05) is 30.3 Å². The molecular weight excluding hydrogens is 228 g/mol. The normalized spacial score (nSPS) is 19.9. The highest BCUT2D eigenvalue weighted by Crippen LogP contribution is 2.15. The molecule has 1 saturated heterocycles. The molecule has 4 nitrogen and oxygen atoms in total. The van der Waals surface area contributed by atoms with Crippen LogP contribution in [-0.2, 0) is 11.3 Å². The first kappa shape index (κ1) is 13.1. The van der Waals surface area contributed by atoms with Gasteiger partial charge >= 0.3 is 0 Å². The van der Waals surface area contributed by atoms with Crippen molar-refractivity contribution in [1.82, 2.24) is 10.2 Å². The first-order valence-electron chi connectivity index (χ1n) is 6.45. The first-order chi connectivity index (χ1) is 8.79. The molecule has 98 valence electrons. The van der Waals surface area contributed by atoms with Gasteiger partial charge in [-0.3, -0.25) is 9.69 Å². The average Bonchev–Trinajstić information content (AvgIpc) is 2.85. The Morgan fingerprint density at radius 1 is 1.39 bits per heavy atom. The molecule has 1 amide bonds. The second-order valence-electron chi connectivity index (χ2n) is 4.71. The molecule has 0 unspecified atom stereocenters. The fourth-order valence-corrected chi connectivity index (χ4v) is 2.35. The van der Waals surface area contributed by atoms with E-state index < -0.39 is 0 Å². The van der Waals surface area contributed by atoms with Crippen LogP contribution in [0.1, 0.15) is 18.4 Å². The summed E-state index contributed by atoms with van der Waals surface area (Å²) < 4.78 is 0. The fourth-order valence-electron chi connectivity index (χ4n) is 2.35. The van der Waals surface area contributed by atoms with Crippen molar-refractivity contribution < 1.29 is 9.90 Å². The van der Waals surface area contributed by atoms with E-state index in [0.29, 0.717) is 13.1 Å². The molecule has 2 rings (SSSR count). The molecule has 1 fully saturated rings. The van der Waals surface area contributed by atoms with Gasteiger partial charge in [-0.25, -0.2) is 0 Å². The van der Waals surface area contributed by atoms with Crippen molar-refractivity contribution in [2.24, 2.45) is 0 Å². The number of carbonyl (C=O) groups excluding carboxylic acids is 1. The van der Waals surface area contributed by atoms with Crippen LogP contribution in [0.15, 0.2) is 30.3 Å². The molecule has 1 aromatic rings. The van der Waals surface area contributed by atoms with Crippen LogP contribution in [-0.4, -0.2) is 41.7 Å². The van der Waals surface area contributed by atoms with Gasteiger partial charge in [0.05, 0.1) is 13.2 Å². The number of amides is 1. The molecule has 1 aliphatic heterocycles. The second kappa shape index (κ2) is 6.52. The zero-order valence-corrected chi connectivity index (χ0v) is 10.5. The van der Waals surface area contributed by atoms with Crippen molar-refractivity contribution in [3.05, 3.63) is 35.9 Å². The summed E-state index contributed by atoms with van der Waals surface area (Å²) in [5, 5.41) is 12.1. The van der Waals surface area contributed by atoms with Gasteiger partial charge in [0.15, 0.2) is 0 Å². The van der Waals surface area contributed by atoms with E-state index in [2.05, 4.69) is 10.2 Å². The number of rotatable bonds is 5. The number of benzene rings is 1. The summed E-state index contributed by atoms with van der Waals surface area (Å²) in [6.07, 6.45) is 2.06. The van der Waals surface area contributed by atoms with Crippen molar-refractivity contribution in [2.75, 3.05) is 19.7 Å². The van der Waals surface area contributed by atoms with E-state index in [0.717, 1.165) is 24.9 Å². The molecule has 4 heteroatoms. The summed E-state index contributed by atoms with van der Waals surface area (Å²) in [4.78, 5) is 13.9. The van der Waals surface area contributed by atoms with Crippen LogP contribution in [0.5, 0.6) is 0 Å². The first-order valence-corrected chi connectivity index (χ1v) is 6.45. The summed E-state index contributed by atoms with van der Waals surface area (Å²) in [6, 6.07) is 10.0. The molecule has 1 heterocycles. The van der Waals surface area contributed by atoms with Gasteiger partial charge < -0.3 is 10.4 Å². The maximum absolute atomic E-state index is 11.8. The molecule has 1 aromatic carbocycles. The fraction of sp³-hybridized carbons (Fsp3) is 0.500. The maximum Gasteiger partial charge on any atom is 0.234 e. The number of likely N-dealkylation sites (tertiary alicyclic amines) is 1. The van der Waals surface area contributed by atoms with E-state index in [-0.39, 0.29) is 18.6 Å². The van der Waals surface area contributed by atoms with Crippen LogP contribution in [0.3, 0.4) is 0 Å². The summed E-state index contributed by atoms with van der Waals surface area (Å²) in [6.45, 7) is 2.01. The maximum atomic E-state index is 11.8.